The van der Waals surface area contributed by atoms with Gasteiger partial charge in [0.25, 0.3) is 0 Å². The van der Waals surface area contributed by atoms with Gasteiger partial charge in [0.05, 0.1) is 10.7 Å². The predicted molar refractivity (Wildman–Crippen MR) is 111 cm³/mol. The molecule has 1 saturated heterocycles. The Hall–Kier alpha value is -2.98. The van der Waals surface area contributed by atoms with E-state index in [4.69, 9.17) is 17.3 Å². The van der Waals surface area contributed by atoms with E-state index in [1.165, 1.54) is 18.3 Å². The molecule has 1 atom stereocenters. The molecule has 3 heterocycles. The number of nitrogens with zero attached hydrogens (tertiary/aromatic N) is 5. The highest BCUT2D eigenvalue weighted by Crippen LogP contribution is 2.28. The number of rotatable bonds is 6. The fourth-order valence-corrected chi connectivity index (χ4v) is 3.75. The zero-order valence-electron chi connectivity index (χ0n) is 15.9. The monoisotopic (exact) mass is 435 g/mol. The average Bonchev–Trinajstić information content (AvgIpc) is 3.32. The van der Waals surface area contributed by atoms with Gasteiger partial charge < -0.3 is 16.3 Å². The van der Waals surface area contributed by atoms with E-state index >= 15 is 0 Å². The molecule has 0 amide bonds. The van der Waals surface area contributed by atoms with Crippen LogP contribution in [-0.2, 0) is 0 Å². The van der Waals surface area contributed by atoms with Crippen LogP contribution in [0.1, 0.15) is 12.0 Å². The van der Waals surface area contributed by atoms with Gasteiger partial charge in [0.1, 0.15) is 17.5 Å². The maximum absolute atomic E-state index is 13.7. The van der Waals surface area contributed by atoms with Crippen molar-refractivity contribution in [3.05, 3.63) is 46.9 Å². The number of hydrogen-bond donors (Lipinski definition) is 3. The van der Waals surface area contributed by atoms with E-state index < -0.39 is 12.0 Å². The number of pyridine rings is 1. The van der Waals surface area contributed by atoms with Crippen molar-refractivity contribution in [1.82, 2.24) is 19.4 Å². The minimum absolute atomic E-state index is 0.0550. The number of fused-ring (bicyclic) bond motifs is 1. The molecule has 4 rings (SSSR count). The summed E-state index contributed by atoms with van der Waals surface area (Å²) < 4.78 is 28.8. The zero-order valence-corrected chi connectivity index (χ0v) is 16.7. The summed E-state index contributed by atoms with van der Waals surface area (Å²) >= 11 is 5.99. The van der Waals surface area contributed by atoms with Gasteiger partial charge in [-0.2, -0.15) is 4.98 Å². The molecular formula is C19H20ClF2N7O. The van der Waals surface area contributed by atoms with Crippen molar-refractivity contribution in [1.29, 1.82) is 0 Å². The van der Waals surface area contributed by atoms with Crippen LogP contribution in [0.25, 0.3) is 16.9 Å². The number of benzene rings is 1. The van der Waals surface area contributed by atoms with Crippen LogP contribution in [0.5, 0.6) is 0 Å². The maximum Gasteiger partial charge on any atom is 0.210 e. The lowest BCUT2D eigenvalue weighted by molar-refractivity contribution is 0.295. The van der Waals surface area contributed by atoms with Crippen LogP contribution in [0.4, 0.5) is 14.7 Å². The second-order valence-electron chi connectivity index (χ2n) is 7.00. The van der Waals surface area contributed by atoms with Crippen molar-refractivity contribution in [2.75, 3.05) is 31.5 Å². The van der Waals surface area contributed by atoms with E-state index in [9.17, 15) is 14.0 Å². The van der Waals surface area contributed by atoms with Gasteiger partial charge in [-0.3, -0.25) is 9.47 Å². The molecule has 0 spiro atoms. The standard InChI is InChI=1S/C19H20ClF2N7O/c20-14-9-12(1-2-15(14)22)29-16-13(17(23)27-30)3-5-24-18(16)26-19(29)25-6-8-28-7-4-11(21)10-28/h1-3,5,9,11,30H,4,6-8,10H2,(H2,23,27)(H,24,25,26). The van der Waals surface area contributed by atoms with Crippen LogP contribution in [0, 0.1) is 5.82 Å². The second-order valence-corrected chi connectivity index (χ2v) is 7.41. The van der Waals surface area contributed by atoms with Crippen LogP contribution >= 0.6 is 11.6 Å². The van der Waals surface area contributed by atoms with Crippen LogP contribution in [0.15, 0.2) is 35.6 Å². The Morgan fingerprint density at radius 1 is 1.40 bits per heavy atom. The van der Waals surface area contributed by atoms with Gasteiger partial charge in [0.2, 0.25) is 5.95 Å². The van der Waals surface area contributed by atoms with Crippen molar-refractivity contribution < 1.29 is 14.0 Å². The SMILES string of the molecule is NC(=NO)c1ccnc2nc(NCCN3CCC(F)C3)n(-c3ccc(F)c(Cl)c3)c12. The van der Waals surface area contributed by atoms with Gasteiger partial charge in [0, 0.05) is 37.9 Å². The molecule has 1 aliphatic rings. The highest BCUT2D eigenvalue weighted by molar-refractivity contribution is 6.30. The van der Waals surface area contributed by atoms with E-state index in [0.717, 1.165) is 0 Å². The summed E-state index contributed by atoms with van der Waals surface area (Å²) in [6, 6.07) is 5.85. The number of imidazole rings is 1. The molecule has 0 aliphatic carbocycles. The molecular weight excluding hydrogens is 416 g/mol. The smallest absolute Gasteiger partial charge is 0.210 e. The predicted octanol–water partition coefficient (Wildman–Crippen LogP) is 2.76. The quantitative estimate of drug-likeness (QED) is 0.238. The number of halogens is 3. The van der Waals surface area contributed by atoms with Crippen molar-refractivity contribution in [2.24, 2.45) is 10.9 Å². The summed E-state index contributed by atoms with van der Waals surface area (Å²) in [5.74, 6) is -0.243. The van der Waals surface area contributed by atoms with Crippen molar-refractivity contribution in [3.63, 3.8) is 0 Å². The Balaban J connectivity index is 1.75. The fourth-order valence-electron chi connectivity index (χ4n) is 3.57. The molecule has 158 valence electrons. The number of aromatic nitrogens is 3. The summed E-state index contributed by atoms with van der Waals surface area (Å²) in [4.78, 5) is 10.8. The number of oxime groups is 1. The third kappa shape index (κ3) is 3.88. The van der Waals surface area contributed by atoms with Gasteiger partial charge in [-0.15, -0.1) is 0 Å². The Bertz CT molecular complexity index is 1100. The summed E-state index contributed by atoms with van der Waals surface area (Å²) in [6.45, 7) is 2.26. The minimum atomic E-state index is -0.788. The highest BCUT2D eigenvalue weighted by Gasteiger charge is 2.22. The number of nitrogens with one attached hydrogen (secondary N) is 1. The first-order valence-corrected chi connectivity index (χ1v) is 9.77. The Morgan fingerprint density at radius 2 is 2.23 bits per heavy atom. The molecule has 2 aromatic heterocycles. The third-order valence-electron chi connectivity index (χ3n) is 5.02. The van der Waals surface area contributed by atoms with Crippen LogP contribution in [0.2, 0.25) is 5.02 Å². The lowest BCUT2D eigenvalue weighted by Crippen LogP contribution is -2.27. The van der Waals surface area contributed by atoms with E-state index in [-0.39, 0.29) is 10.9 Å². The second kappa shape index (κ2) is 8.41. The Kier molecular flexibility index (Phi) is 5.69. The number of alkyl halides is 1. The number of likely N-dealkylation sites (tertiary alicyclic amines) is 1. The van der Waals surface area contributed by atoms with E-state index in [1.807, 2.05) is 4.90 Å². The number of anilines is 1. The van der Waals surface area contributed by atoms with Crippen LogP contribution in [0.3, 0.4) is 0 Å². The first-order valence-electron chi connectivity index (χ1n) is 9.39. The van der Waals surface area contributed by atoms with Gasteiger partial charge in [-0.05, 0) is 30.7 Å². The van der Waals surface area contributed by atoms with Crippen LogP contribution < -0.4 is 11.1 Å². The molecule has 0 radical (unpaired) electrons. The molecule has 1 aromatic carbocycles. The lowest BCUT2D eigenvalue weighted by atomic mass is 10.2. The normalized spacial score (nSPS) is 17.7. The van der Waals surface area contributed by atoms with Crippen molar-refractivity contribution in [3.8, 4) is 5.69 Å². The van der Waals surface area contributed by atoms with E-state index in [0.29, 0.717) is 61.0 Å². The van der Waals surface area contributed by atoms with Gasteiger partial charge in [0.15, 0.2) is 11.5 Å². The summed E-state index contributed by atoms with van der Waals surface area (Å²) in [6.07, 6.45) is 1.25. The molecule has 4 N–H and O–H groups in total. The summed E-state index contributed by atoms with van der Waals surface area (Å²) in [5, 5.41) is 15.4. The van der Waals surface area contributed by atoms with Crippen LogP contribution in [-0.4, -0.2) is 62.8 Å². The molecule has 8 nitrogen and oxygen atoms in total. The first-order chi connectivity index (χ1) is 14.5. The van der Waals surface area contributed by atoms with E-state index in [2.05, 4.69) is 20.4 Å². The molecule has 1 unspecified atom stereocenters. The molecule has 11 heteroatoms. The summed E-state index contributed by atoms with van der Waals surface area (Å²) in [5.41, 5.74) is 7.61. The van der Waals surface area contributed by atoms with E-state index in [1.54, 1.807) is 16.7 Å². The molecule has 0 saturated carbocycles. The first kappa shape index (κ1) is 20.3. The highest BCUT2D eigenvalue weighted by atomic mass is 35.5. The molecule has 1 aliphatic heterocycles. The van der Waals surface area contributed by atoms with Crippen molar-refractivity contribution in [2.45, 2.75) is 12.6 Å². The average molecular weight is 436 g/mol. The third-order valence-corrected chi connectivity index (χ3v) is 5.31. The zero-order chi connectivity index (χ0) is 21.3. The maximum atomic E-state index is 13.7. The number of nitrogens with two attached hydrogens (primary N) is 1. The molecule has 3 aromatic rings. The Labute approximate surface area is 176 Å². The molecule has 1 fully saturated rings. The number of hydrogen-bond acceptors (Lipinski definition) is 6. The largest absolute Gasteiger partial charge is 0.409 e. The van der Waals surface area contributed by atoms with Crippen molar-refractivity contribution >= 4 is 34.5 Å². The van der Waals surface area contributed by atoms with Gasteiger partial charge in [-0.1, -0.05) is 16.8 Å². The Morgan fingerprint density at radius 3 is 2.93 bits per heavy atom. The number of amidine groups is 1. The topological polar surface area (TPSA) is 105 Å². The summed E-state index contributed by atoms with van der Waals surface area (Å²) in [7, 11) is 0. The minimum Gasteiger partial charge on any atom is -0.409 e. The molecule has 30 heavy (non-hydrogen) atoms. The lowest BCUT2D eigenvalue weighted by Gasteiger charge is -2.16. The van der Waals surface area contributed by atoms with Gasteiger partial charge in [-0.25, -0.2) is 13.8 Å². The fraction of sp³-hybridized carbons (Fsp3) is 0.316. The molecule has 0 bridgehead atoms. The van der Waals surface area contributed by atoms with Gasteiger partial charge >= 0.3 is 0 Å².